The number of carbonyl (C=O) groups excluding carboxylic acids is 1. The van der Waals surface area contributed by atoms with Crippen LogP contribution in [0.2, 0.25) is 0 Å². The minimum atomic E-state index is -0.186. The zero-order valence-electron chi connectivity index (χ0n) is 14.4. The van der Waals surface area contributed by atoms with Crippen molar-refractivity contribution in [1.29, 1.82) is 0 Å². The lowest BCUT2D eigenvalue weighted by Gasteiger charge is -2.21. The Hall–Kier alpha value is -3.49. The maximum atomic E-state index is 11.4. The number of benzene rings is 1. The molecule has 0 bridgehead atoms. The SMILES string of the molecule is CNc1cc(Nc2cccc3c2OCCO3)nc2c(NC(C)=O)cnn12. The molecule has 0 aliphatic carbocycles. The van der Waals surface area contributed by atoms with Crippen LogP contribution < -0.4 is 25.4 Å². The molecule has 9 nitrogen and oxygen atoms in total. The van der Waals surface area contributed by atoms with E-state index in [1.807, 2.05) is 24.3 Å². The van der Waals surface area contributed by atoms with Crippen molar-refractivity contribution in [3.8, 4) is 11.5 Å². The maximum Gasteiger partial charge on any atom is 0.221 e. The van der Waals surface area contributed by atoms with Gasteiger partial charge < -0.3 is 25.4 Å². The Labute approximate surface area is 149 Å². The summed E-state index contributed by atoms with van der Waals surface area (Å²) in [6, 6.07) is 7.46. The van der Waals surface area contributed by atoms with E-state index in [4.69, 9.17) is 9.47 Å². The van der Waals surface area contributed by atoms with Crippen LogP contribution in [0.4, 0.5) is 23.0 Å². The number of aromatic nitrogens is 3. The van der Waals surface area contributed by atoms with Crippen molar-refractivity contribution in [2.75, 3.05) is 36.2 Å². The number of hydrogen-bond donors (Lipinski definition) is 3. The van der Waals surface area contributed by atoms with Crippen LogP contribution in [-0.2, 0) is 4.79 Å². The predicted molar refractivity (Wildman–Crippen MR) is 97.6 cm³/mol. The van der Waals surface area contributed by atoms with E-state index in [9.17, 15) is 4.79 Å². The number of para-hydroxylation sites is 1. The van der Waals surface area contributed by atoms with Gasteiger partial charge in [-0.15, -0.1) is 0 Å². The number of nitrogens with one attached hydrogen (secondary N) is 3. The summed E-state index contributed by atoms with van der Waals surface area (Å²) < 4.78 is 13.0. The lowest BCUT2D eigenvalue weighted by molar-refractivity contribution is -0.114. The van der Waals surface area contributed by atoms with E-state index < -0.39 is 0 Å². The van der Waals surface area contributed by atoms with Crippen molar-refractivity contribution in [3.63, 3.8) is 0 Å². The molecule has 0 unspecified atom stereocenters. The molecule has 1 aliphatic heterocycles. The molecule has 0 saturated heterocycles. The normalized spacial score (nSPS) is 12.7. The fraction of sp³-hybridized carbons (Fsp3) is 0.235. The van der Waals surface area contributed by atoms with Gasteiger partial charge >= 0.3 is 0 Å². The van der Waals surface area contributed by atoms with Crippen molar-refractivity contribution < 1.29 is 14.3 Å². The monoisotopic (exact) mass is 354 g/mol. The number of hydrogen-bond acceptors (Lipinski definition) is 7. The molecule has 0 spiro atoms. The van der Waals surface area contributed by atoms with Crippen LogP contribution in [0.1, 0.15) is 6.92 Å². The molecule has 134 valence electrons. The van der Waals surface area contributed by atoms with Crippen molar-refractivity contribution in [3.05, 3.63) is 30.5 Å². The van der Waals surface area contributed by atoms with Crippen molar-refractivity contribution in [2.45, 2.75) is 6.92 Å². The van der Waals surface area contributed by atoms with Crippen molar-refractivity contribution in [1.82, 2.24) is 14.6 Å². The van der Waals surface area contributed by atoms with Gasteiger partial charge in [-0.3, -0.25) is 4.79 Å². The Morgan fingerprint density at radius 1 is 1.23 bits per heavy atom. The van der Waals surface area contributed by atoms with E-state index in [0.29, 0.717) is 41.9 Å². The number of rotatable bonds is 4. The van der Waals surface area contributed by atoms with E-state index in [1.54, 1.807) is 17.8 Å². The minimum absolute atomic E-state index is 0.186. The Kier molecular flexibility index (Phi) is 3.96. The van der Waals surface area contributed by atoms with E-state index in [1.165, 1.54) is 6.92 Å². The highest BCUT2D eigenvalue weighted by atomic mass is 16.6. The number of ether oxygens (including phenoxy) is 2. The van der Waals surface area contributed by atoms with E-state index in [-0.39, 0.29) is 5.91 Å². The Balaban J connectivity index is 1.76. The van der Waals surface area contributed by atoms with Gasteiger partial charge in [-0.2, -0.15) is 9.61 Å². The second kappa shape index (κ2) is 6.43. The average Bonchev–Trinajstić information content (AvgIpc) is 3.03. The van der Waals surface area contributed by atoms with Gasteiger partial charge in [0.1, 0.15) is 30.5 Å². The smallest absolute Gasteiger partial charge is 0.221 e. The second-order valence-corrected chi connectivity index (χ2v) is 5.71. The zero-order chi connectivity index (χ0) is 18.1. The summed E-state index contributed by atoms with van der Waals surface area (Å²) in [5.41, 5.74) is 1.81. The average molecular weight is 354 g/mol. The quantitative estimate of drug-likeness (QED) is 0.660. The van der Waals surface area contributed by atoms with E-state index in [2.05, 4.69) is 26.0 Å². The number of anilines is 4. The topological polar surface area (TPSA) is 102 Å². The van der Waals surface area contributed by atoms with Crippen LogP contribution >= 0.6 is 0 Å². The lowest BCUT2D eigenvalue weighted by Crippen LogP contribution is -2.16. The molecule has 0 radical (unpaired) electrons. The summed E-state index contributed by atoms with van der Waals surface area (Å²) in [6.07, 6.45) is 1.57. The Morgan fingerprint density at radius 2 is 2.08 bits per heavy atom. The first-order chi connectivity index (χ1) is 12.7. The first-order valence-electron chi connectivity index (χ1n) is 8.15. The second-order valence-electron chi connectivity index (χ2n) is 5.71. The summed E-state index contributed by atoms with van der Waals surface area (Å²) in [6.45, 7) is 2.47. The highest BCUT2D eigenvalue weighted by Gasteiger charge is 2.17. The fourth-order valence-corrected chi connectivity index (χ4v) is 2.79. The number of nitrogens with zero attached hydrogens (tertiary/aromatic N) is 3. The standard InChI is InChI=1S/C17H18N6O3/c1-10(24)20-12-9-19-23-15(18-2)8-14(22-17(12)23)21-11-4-3-5-13-16(11)26-7-6-25-13/h3-5,8-9,18H,6-7H2,1-2H3,(H,20,24)(H,21,22). The number of carbonyl (C=O) groups is 1. The third kappa shape index (κ3) is 2.83. The first-order valence-corrected chi connectivity index (χ1v) is 8.15. The first kappa shape index (κ1) is 16.0. The van der Waals surface area contributed by atoms with Gasteiger partial charge in [0.05, 0.1) is 11.9 Å². The zero-order valence-corrected chi connectivity index (χ0v) is 14.4. The Morgan fingerprint density at radius 3 is 2.88 bits per heavy atom. The van der Waals surface area contributed by atoms with Crippen molar-refractivity contribution in [2.24, 2.45) is 0 Å². The molecule has 9 heteroatoms. The van der Waals surface area contributed by atoms with Crippen molar-refractivity contribution >= 4 is 34.6 Å². The van der Waals surface area contributed by atoms with Crippen LogP contribution in [-0.4, -0.2) is 40.8 Å². The molecule has 1 aromatic carbocycles. The van der Waals surface area contributed by atoms with Crippen LogP contribution in [0.25, 0.3) is 5.65 Å². The molecule has 1 amide bonds. The molecule has 26 heavy (non-hydrogen) atoms. The molecule has 2 aromatic heterocycles. The largest absolute Gasteiger partial charge is 0.486 e. The summed E-state index contributed by atoms with van der Waals surface area (Å²) in [7, 11) is 1.79. The van der Waals surface area contributed by atoms with Crippen LogP contribution in [0, 0.1) is 0 Å². The molecule has 4 rings (SSSR count). The number of fused-ring (bicyclic) bond motifs is 2. The highest BCUT2D eigenvalue weighted by Crippen LogP contribution is 2.38. The summed E-state index contributed by atoms with van der Waals surface area (Å²) in [5, 5.41) is 13.3. The summed E-state index contributed by atoms with van der Waals surface area (Å²) in [5.74, 6) is 2.46. The van der Waals surface area contributed by atoms with E-state index in [0.717, 1.165) is 11.5 Å². The number of amides is 1. The van der Waals surface area contributed by atoms with Gasteiger partial charge in [0.2, 0.25) is 5.91 Å². The molecular formula is C17H18N6O3. The molecule has 3 N–H and O–H groups in total. The molecule has 0 atom stereocenters. The van der Waals surface area contributed by atoms with Gasteiger partial charge in [0.25, 0.3) is 0 Å². The molecule has 3 aromatic rings. The molecule has 0 saturated carbocycles. The Bertz CT molecular complexity index is 984. The lowest BCUT2D eigenvalue weighted by atomic mass is 10.2. The summed E-state index contributed by atoms with van der Waals surface area (Å²) >= 11 is 0. The molecular weight excluding hydrogens is 336 g/mol. The van der Waals surface area contributed by atoms with Gasteiger partial charge in [-0.05, 0) is 12.1 Å². The highest BCUT2D eigenvalue weighted by molar-refractivity contribution is 5.93. The van der Waals surface area contributed by atoms with Gasteiger partial charge in [0, 0.05) is 20.0 Å². The van der Waals surface area contributed by atoms with Crippen LogP contribution in [0.3, 0.4) is 0 Å². The van der Waals surface area contributed by atoms with E-state index >= 15 is 0 Å². The molecule has 1 aliphatic rings. The predicted octanol–water partition coefficient (Wildman–Crippen LogP) is 2.24. The van der Waals surface area contributed by atoms with Gasteiger partial charge in [0.15, 0.2) is 17.1 Å². The summed E-state index contributed by atoms with van der Waals surface area (Å²) in [4.78, 5) is 16.0. The fourth-order valence-electron chi connectivity index (χ4n) is 2.79. The van der Waals surface area contributed by atoms with Gasteiger partial charge in [-0.1, -0.05) is 6.07 Å². The molecule has 0 fully saturated rings. The third-order valence-corrected chi connectivity index (χ3v) is 3.87. The van der Waals surface area contributed by atoms with Gasteiger partial charge in [-0.25, -0.2) is 4.98 Å². The molecule has 3 heterocycles. The van der Waals surface area contributed by atoms with Crippen LogP contribution in [0.15, 0.2) is 30.5 Å². The van der Waals surface area contributed by atoms with Crippen LogP contribution in [0.5, 0.6) is 11.5 Å². The maximum absolute atomic E-state index is 11.4. The third-order valence-electron chi connectivity index (χ3n) is 3.87. The minimum Gasteiger partial charge on any atom is -0.486 e.